The maximum absolute atomic E-state index is 5.66. The standard InChI is InChI=1S/C20H18N2O/c1-3-7-17(8-4-1)13-21-15-19-11-12-20(23-19)16-22-14-18-9-5-2-6-10-18/h1-12,15-16H,13-14H2. The molecule has 0 aliphatic rings. The molecule has 0 fully saturated rings. The molecule has 0 saturated heterocycles. The molecule has 2 aromatic carbocycles. The molecule has 0 radical (unpaired) electrons. The van der Waals surface area contributed by atoms with Gasteiger partial charge in [0.25, 0.3) is 0 Å². The molecular weight excluding hydrogens is 284 g/mol. The van der Waals surface area contributed by atoms with Crippen LogP contribution in [0.1, 0.15) is 22.6 Å². The van der Waals surface area contributed by atoms with Crippen molar-refractivity contribution >= 4 is 12.4 Å². The molecule has 3 aromatic rings. The Bertz CT molecular complexity index is 708. The fourth-order valence-corrected chi connectivity index (χ4v) is 2.16. The van der Waals surface area contributed by atoms with Crippen LogP contribution in [0.5, 0.6) is 0 Å². The first kappa shape index (κ1) is 15.0. The van der Waals surface area contributed by atoms with Crippen LogP contribution >= 0.6 is 0 Å². The van der Waals surface area contributed by atoms with Gasteiger partial charge in [0.2, 0.25) is 0 Å². The summed E-state index contributed by atoms with van der Waals surface area (Å²) in [5, 5.41) is 0. The molecule has 0 N–H and O–H groups in total. The van der Waals surface area contributed by atoms with Crippen molar-refractivity contribution in [3.05, 3.63) is 95.4 Å². The van der Waals surface area contributed by atoms with Gasteiger partial charge in [-0.3, -0.25) is 9.98 Å². The molecule has 1 aromatic heterocycles. The van der Waals surface area contributed by atoms with Gasteiger partial charge in [-0.25, -0.2) is 0 Å². The lowest BCUT2D eigenvalue weighted by molar-refractivity contribution is 0.553. The zero-order valence-corrected chi connectivity index (χ0v) is 12.8. The van der Waals surface area contributed by atoms with Gasteiger partial charge in [0.1, 0.15) is 11.5 Å². The average Bonchev–Trinajstić information content (AvgIpc) is 3.05. The van der Waals surface area contributed by atoms with Crippen molar-refractivity contribution in [3.63, 3.8) is 0 Å². The highest BCUT2D eigenvalue weighted by Gasteiger charge is 1.97. The van der Waals surface area contributed by atoms with Crippen molar-refractivity contribution < 1.29 is 4.42 Å². The first-order valence-electron chi connectivity index (χ1n) is 7.57. The van der Waals surface area contributed by atoms with Gasteiger partial charge in [-0.15, -0.1) is 0 Å². The van der Waals surface area contributed by atoms with E-state index in [-0.39, 0.29) is 0 Å². The van der Waals surface area contributed by atoms with Gasteiger partial charge in [0.15, 0.2) is 0 Å². The molecule has 0 spiro atoms. The molecular formula is C20H18N2O. The quantitative estimate of drug-likeness (QED) is 0.617. The highest BCUT2D eigenvalue weighted by Crippen LogP contribution is 2.06. The molecule has 0 saturated carbocycles. The fraction of sp³-hybridized carbons (Fsp3) is 0.100. The summed E-state index contributed by atoms with van der Waals surface area (Å²) in [6.45, 7) is 1.30. The van der Waals surface area contributed by atoms with Gasteiger partial charge in [-0.1, -0.05) is 60.7 Å². The summed E-state index contributed by atoms with van der Waals surface area (Å²) < 4.78 is 5.66. The van der Waals surface area contributed by atoms with Gasteiger partial charge in [-0.05, 0) is 23.3 Å². The lowest BCUT2D eigenvalue weighted by Crippen LogP contribution is -1.83. The summed E-state index contributed by atoms with van der Waals surface area (Å²) in [5.41, 5.74) is 2.36. The minimum atomic E-state index is 0.652. The number of benzene rings is 2. The molecule has 3 heteroatoms. The van der Waals surface area contributed by atoms with Crippen LogP contribution in [0.3, 0.4) is 0 Å². The topological polar surface area (TPSA) is 37.9 Å². The molecule has 0 amide bonds. The largest absolute Gasteiger partial charge is 0.454 e. The van der Waals surface area contributed by atoms with E-state index in [1.165, 1.54) is 11.1 Å². The predicted octanol–water partition coefficient (Wildman–Crippen LogP) is 4.52. The van der Waals surface area contributed by atoms with Crippen LogP contribution in [0.4, 0.5) is 0 Å². The Morgan fingerprint density at radius 3 is 1.48 bits per heavy atom. The van der Waals surface area contributed by atoms with Crippen molar-refractivity contribution in [1.82, 2.24) is 0 Å². The lowest BCUT2D eigenvalue weighted by Gasteiger charge is -1.94. The fourth-order valence-electron chi connectivity index (χ4n) is 2.16. The highest BCUT2D eigenvalue weighted by atomic mass is 16.3. The summed E-state index contributed by atoms with van der Waals surface area (Å²) in [6.07, 6.45) is 3.50. The summed E-state index contributed by atoms with van der Waals surface area (Å²) in [7, 11) is 0. The van der Waals surface area contributed by atoms with Crippen LogP contribution in [0.25, 0.3) is 0 Å². The minimum absolute atomic E-state index is 0.652. The SMILES string of the molecule is C(=NCc1ccccc1)c1ccc(C=NCc2ccccc2)o1. The number of rotatable bonds is 6. The minimum Gasteiger partial charge on any atom is -0.454 e. The number of nitrogens with zero attached hydrogens (tertiary/aromatic N) is 2. The van der Waals surface area contributed by atoms with Gasteiger partial charge < -0.3 is 4.42 Å². The van der Waals surface area contributed by atoms with E-state index >= 15 is 0 Å². The van der Waals surface area contributed by atoms with Crippen LogP contribution in [0, 0.1) is 0 Å². The van der Waals surface area contributed by atoms with Gasteiger partial charge in [-0.2, -0.15) is 0 Å². The Labute approximate surface area is 136 Å². The van der Waals surface area contributed by atoms with Crippen molar-refractivity contribution in [2.45, 2.75) is 13.1 Å². The summed E-state index contributed by atoms with van der Waals surface area (Å²) in [5.74, 6) is 1.48. The lowest BCUT2D eigenvalue weighted by atomic mass is 10.2. The molecule has 1 heterocycles. The van der Waals surface area contributed by atoms with Crippen molar-refractivity contribution in [2.75, 3.05) is 0 Å². The highest BCUT2D eigenvalue weighted by molar-refractivity contribution is 5.80. The third-order valence-electron chi connectivity index (χ3n) is 3.32. The monoisotopic (exact) mass is 302 g/mol. The molecule has 0 unspecified atom stereocenters. The third kappa shape index (κ3) is 4.78. The van der Waals surface area contributed by atoms with Crippen molar-refractivity contribution in [2.24, 2.45) is 9.98 Å². The zero-order valence-electron chi connectivity index (χ0n) is 12.8. The molecule has 3 nitrogen and oxygen atoms in total. The predicted molar refractivity (Wildman–Crippen MR) is 94.2 cm³/mol. The Morgan fingerprint density at radius 2 is 1.04 bits per heavy atom. The van der Waals surface area contributed by atoms with E-state index < -0.39 is 0 Å². The Hall–Kier alpha value is -2.94. The maximum atomic E-state index is 5.66. The van der Waals surface area contributed by atoms with E-state index in [1.54, 1.807) is 12.4 Å². The summed E-state index contributed by atoms with van der Waals surface area (Å²) >= 11 is 0. The Balaban J connectivity index is 1.53. The molecule has 0 aliphatic carbocycles. The Kier molecular flexibility index (Phi) is 5.14. The van der Waals surface area contributed by atoms with Crippen LogP contribution in [0.15, 0.2) is 87.2 Å². The second-order valence-electron chi connectivity index (χ2n) is 5.15. The van der Waals surface area contributed by atoms with E-state index in [4.69, 9.17) is 4.42 Å². The third-order valence-corrected chi connectivity index (χ3v) is 3.32. The molecule has 23 heavy (non-hydrogen) atoms. The first-order valence-corrected chi connectivity index (χ1v) is 7.57. The molecule has 0 aliphatic heterocycles. The van der Waals surface area contributed by atoms with E-state index in [9.17, 15) is 0 Å². The second-order valence-corrected chi connectivity index (χ2v) is 5.15. The zero-order chi connectivity index (χ0) is 15.7. The smallest absolute Gasteiger partial charge is 0.145 e. The summed E-state index contributed by atoms with van der Waals surface area (Å²) in [6, 6.07) is 24.1. The molecule has 0 atom stereocenters. The number of furan rings is 1. The van der Waals surface area contributed by atoms with Crippen LogP contribution < -0.4 is 0 Å². The van der Waals surface area contributed by atoms with Gasteiger partial charge in [0.05, 0.1) is 25.5 Å². The van der Waals surface area contributed by atoms with E-state index in [0.717, 1.165) is 11.5 Å². The number of aliphatic imine (C=N–C) groups is 2. The van der Waals surface area contributed by atoms with E-state index in [1.807, 2.05) is 48.5 Å². The first-order chi connectivity index (χ1) is 11.4. The van der Waals surface area contributed by atoms with Gasteiger partial charge >= 0.3 is 0 Å². The van der Waals surface area contributed by atoms with E-state index in [0.29, 0.717) is 13.1 Å². The second kappa shape index (κ2) is 7.90. The normalized spacial score (nSPS) is 11.5. The molecule has 3 rings (SSSR count). The Morgan fingerprint density at radius 1 is 0.609 bits per heavy atom. The molecule has 114 valence electrons. The van der Waals surface area contributed by atoms with Crippen LogP contribution in [-0.2, 0) is 13.1 Å². The molecule has 0 bridgehead atoms. The number of hydrogen-bond donors (Lipinski definition) is 0. The van der Waals surface area contributed by atoms with Crippen LogP contribution in [0.2, 0.25) is 0 Å². The number of hydrogen-bond acceptors (Lipinski definition) is 3. The summed E-state index contributed by atoms with van der Waals surface area (Å²) in [4.78, 5) is 8.78. The van der Waals surface area contributed by atoms with Crippen molar-refractivity contribution in [3.8, 4) is 0 Å². The van der Waals surface area contributed by atoms with Crippen LogP contribution in [-0.4, -0.2) is 12.4 Å². The maximum Gasteiger partial charge on any atom is 0.145 e. The van der Waals surface area contributed by atoms with Crippen molar-refractivity contribution in [1.29, 1.82) is 0 Å². The average molecular weight is 302 g/mol. The van der Waals surface area contributed by atoms with Gasteiger partial charge in [0, 0.05) is 0 Å². The van der Waals surface area contributed by atoms with E-state index in [2.05, 4.69) is 34.3 Å².